The van der Waals surface area contributed by atoms with E-state index in [-0.39, 0.29) is 6.29 Å². The van der Waals surface area contributed by atoms with E-state index < -0.39 is 6.10 Å². The summed E-state index contributed by atoms with van der Waals surface area (Å²) in [5, 5.41) is 12.9. The lowest BCUT2D eigenvalue weighted by molar-refractivity contribution is -0.0994. The zero-order valence-electron chi connectivity index (χ0n) is 9.72. The van der Waals surface area contributed by atoms with Crippen molar-refractivity contribution in [2.24, 2.45) is 0 Å². The number of rotatable bonds is 7. The van der Waals surface area contributed by atoms with E-state index in [1.165, 1.54) is 0 Å². The Labute approximate surface area is 96.2 Å². The molecule has 0 aliphatic carbocycles. The molecule has 1 aromatic carbocycles. The second kappa shape index (κ2) is 7.35. The van der Waals surface area contributed by atoms with Gasteiger partial charge in [-0.1, -0.05) is 30.3 Å². The third-order valence-electron chi connectivity index (χ3n) is 2.36. The van der Waals surface area contributed by atoms with Crippen molar-refractivity contribution in [3.05, 3.63) is 35.9 Å². The van der Waals surface area contributed by atoms with E-state index in [2.05, 4.69) is 5.32 Å². The lowest BCUT2D eigenvalue weighted by Crippen LogP contribution is -2.32. The Balaban J connectivity index is 2.28. The Morgan fingerprint density at radius 2 is 1.75 bits per heavy atom. The summed E-state index contributed by atoms with van der Waals surface area (Å²) in [5.41, 5.74) is 0.904. The van der Waals surface area contributed by atoms with Crippen molar-refractivity contribution in [3.63, 3.8) is 0 Å². The molecule has 0 saturated heterocycles. The van der Waals surface area contributed by atoms with Crippen LogP contribution >= 0.6 is 0 Å². The summed E-state index contributed by atoms with van der Waals surface area (Å²) in [4.78, 5) is 0. The molecular weight excluding hydrogens is 206 g/mol. The van der Waals surface area contributed by atoms with Crippen LogP contribution in [0.4, 0.5) is 0 Å². The monoisotopic (exact) mass is 225 g/mol. The summed E-state index contributed by atoms with van der Waals surface area (Å²) < 4.78 is 10.0. The van der Waals surface area contributed by atoms with Crippen LogP contribution in [0.15, 0.2) is 30.3 Å². The molecule has 0 aromatic heterocycles. The van der Waals surface area contributed by atoms with Crippen molar-refractivity contribution in [1.82, 2.24) is 5.32 Å². The van der Waals surface area contributed by atoms with E-state index in [4.69, 9.17) is 9.47 Å². The summed E-state index contributed by atoms with van der Waals surface area (Å²) >= 11 is 0. The van der Waals surface area contributed by atoms with Crippen molar-refractivity contribution in [2.45, 2.75) is 12.4 Å². The molecule has 1 aromatic rings. The first-order valence-electron chi connectivity index (χ1n) is 5.27. The number of benzene rings is 1. The maximum atomic E-state index is 9.83. The summed E-state index contributed by atoms with van der Waals surface area (Å²) in [6.45, 7) is 1.03. The minimum absolute atomic E-state index is 0.275. The Kier molecular flexibility index (Phi) is 6.03. The first-order chi connectivity index (χ1) is 7.77. The van der Waals surface area contributed by atoms with E-state index in [9.17, 15) is 5.11 Å². The van der Waals surface area contributed by atoms with Gasteiger partial charge in [-0.15, -0.1) is 0 Å². The average molecular weight is 225 g/mol. The zero-order valence-corrected chi connectivity index (χ0v) is 9.72. The van der Waals surface area contributed by atoms with Gasteiger partial charge in [0.25, 0.3) is 0 Å². The van der Waals surface area contributed by atoms with Gasteiger partial charge in [0, 0.05) is 27.3 Å². The minimum Gasteiger partial charge on any atom is -0.387 e. The molecule has 0 heterocycles. The average Bonchev–Trinajstić information content (AvgIpc) is 2.35. The molecule has 2 N–H and O–H groups in total. The predicted octanol–water partition coefficient (Wildman–Crippen LogP) is 0.928. The molecule has 0 bridgehead atoms. The largest absolute Gasteiger partial charge is 0.387 e. The first kappa shape index (κ1) is 13.1. The third-order valence-corrected chi connectivity index (χ3v) is 2.36. The molecule has 90 valence electrons. The van der Waals surface area contributed by atoms with E-state index in [1.54, 1.807) is 14.2 Å². The van der Waals surface area contributed by atoms with Crippen LogP contribution in [0.5, 0.6) is 0 Å². The van der Waals surface area contributed by atoms with Crippen molar-refractivity contribution < 1.29 is 14.6 Å². The van der Waals surface area contributed by atoms with E-state index in [0.717, 1.165) is 5.56 Å². The van der Waals surface area contributed by atoms with Gasteiger partial charge in [0.05, 0.1) is 6.10 Å². The normalized spacial score (nSPS) is 13.0. The van der Waals surface area contributed by atoms with Gasteiger partial charge in [-0.25, -0.2) is 0 Å². The highest BCUT2D eigenvalue weighted by Gasteiger charge is 2.08. The highest BCUT2D eigenvalue weighted by atomic mass is 16.7. The highest BCUT2D eigenvalue weighted by molar-refractivity contribution is 5.17. The van der Waals surface area contributed by atoms with Gasteiger partial charge in [0.15, 0.2) is 6.29 Å². The van der Waals surface area contributed by atoms with E-state index in [0.29, 0.717) is 13.1 Å². The molecule has 0 aliphatic heterocycles. The van der Waals surface area contributed by atoms with Gasteiger partial charge < -0.3 is 19.9 Å². The molecule has 0 spiro atoms. The quantitative estimate of drug-likeness (QED) is 0.678. The number of hydrogen-bond acceptors (Lipinski definition) is 4. The van der Waals surface area contributed by atoms with Crippen molar-refractivity contribution in [3.8, 4) is 0 Å². The van der Waals surface area contributed by atoms with Gasteiger partial charge >= 0.3 is 0 Å². The molecule has 0 saturated carbocycles. The topological polar surface area (TPSA) is 50.7 Å². The van der Waals surface area contributed by atoms with Crippen LogP contribution in [-0.4, -0.2) is 38.7 Å². The molecule has 0 amide bonds. The summed E-state index contributed by atoms with van der Waals surface area (Å²) in [7, 11) is 3.17. The van der Waals surface area contributed by atoms with Gasteiger partial charge in [-0.05, 0) is 5.56 Å². The molecule has 1 unspecified atom stereocenters. The zero-order chi connectivity index (χ0) is 11.8. The lowest BCUT2D eigenvalue weighted by atomic mass is 10.1. The summed E-state index contributed by atoms with van der Waals surface area (Å²) in [6.07, 6.45) is -0.779. The smallest absolute Gasteiger partial charge is 0.169 e. The molecule has 1 atom stereocenters. The second-order valence-electron chi connectivity index (χ2n) is 3.49. The van der Waals surface area contributed by atoms with E-state index >= 15 is 0 Å². The lowest BCUT2D eigenvalue weighted by Gasteiger charge is -2.16. The number of hydrogen-bond donors (Lipinski definition) is 2. The van der Waals surface area contributed by atoms with Crippen molar-refractivity contribution in [2.75, 3.05) is 27.3 Å². The number of ether oxygens (including phenoxy) is 2. The van der Waals surface area contributed by atoms with Crippen molar-refractivity contribution in [1.29, 1.82) is 0 Å². The van der Waals surface area contributed by atoms with Crippen LogP contribution in [0.1, 0.15) is 11.7 Å². The first-order valence-corrected chi connectivity index (χ1v) is 5.27. The number of aliphatic hydroxyl groups excluding tert-OH is 1. The third kappa shape index (κ3) is 4.28. The van der Waals surface area contributed by atoms with Crippen LogP contribution in [0.2, 0.25) is 0 Å². The highest BCUT2D eigenvalue weighted by Crippen LogP contribution is 2.10. The predicted molar refractivity (Wildman–Crippen MR) is 62.1 cm³/mol. The Morgan fingerprint density at radius 1 is 1.12 bits per heavy atom. The van der Waals surface area contributed by atoms with E-state index in [1.807, 2.05) is 30.3 Å². The number of nitrogens with one attached hydrogen (secondary N) is 1. The maximum Gasteiger partial charge on any atom is 0.169 e. The van der Waals surface area contributed by atoms with Crippen LogP contribution in [-0.2, 0) is 9.47 Å². The SMILES string of the molecule is COC(CNCC(O)c1ccccc1)OC. The summed E-state index contributed by atoms with van der Waals surface area (Å²) in [5.74, 6) is 0. The molecular formula is C12H19NO3. The van der Waals surface area contributed by atoms with Crippen molar-refractivity contribution >= 4 is 0 Å². The molecule has 0 fully saturated rings. The van der Waals surface area contributed by atoms with Gasteiger partial charge in [-0.3, -0.25) is 0 Å². The number of methoxy groups -OCH3 is 2. The van der Waals surface area contributed by atoms with Crippen LogP contribution < -0.4 is 5.32 Å². The number of aliphatic hydroxyl groups is 1. The van der Waals surface area contributed by atoms with Crippen LogP contribution in [0, 0.1) is 0 Å². The second-order valence-corrected chi connectivity index (χ2v) is 3.49. The fraction of sp³-hybridized carbons (Fsp3) is 0.500. The van der Waals surface area contributed by atoms with Gasteiger partial charge in [0.1, 0.15) is 0 Å². The Bertz CT molecular complexity index is 275. The Morgan fingerprint density at radius 3 is 2.31 bits per heavy atom. The molecule has 0 aliphatic rings. The molecule has 1 rings (SSSR count). The minimum atomic E-state index is -0.504. The fourth-order valence-electron chi connectivity index (χ4n) is 1.39. The fourth-order valence-corrected chi connectivity index (χ4v) is 1.39. The van der Waals surface area contributed by atoms with Gasteiger partial charge in [0.2, 0.25) is 0 Å². The summed E-state index contributed by atoms with van der Waals surface area (Å²) in [6, 6.07) is 9.54. The maximum absolute atomic E-state index is 9.83. The molecule has 4 nitrogen and oxygen atoms in total. The molecule has 16 heavy (non-hydrogen) atoms. The van der Waals surface area contributed by atoms with Crippen LogP contribution in [0.3, 0.4) is 0 Å². The molecule has 0 radical (unpaired) electrons. The van der Waals surface area contributed by atoms with Gasteiger partial charge in [-0.2, -0.15) is 0 Å². The van der Waals surface area contributed by atoms with Crippen LogP contribution in [0.25, 0.3) is 0 Å². The standard InChI is InChI=1S/C12H19NO3/c1-15-12(16-2)9-13-8-11(14)10-6-4-3-5-7-10/h3-7,11-14H,8-9H2,1-2H3. The molecule has 4 heteroatoms. The Hall–Kier alpha value is -0.940.